The summed E-state index contributed by atoms with van der Waals surface area (Å²) in [6.07, 6.45) is 2.59. The lowest BCUT2D eigenvalue weighted by atomic mass is 10.0. The molecule has 1 aliphatic rings. The monoisotopic (exact) mass is 232 g/mol. The van der Waals surface area contributed by atoms with E-state index in [1.165, 1.54) is 41.8 Å². The molecule has 1 aromatic carbocycles. The van der Waals surface area contributed by atoms with E-state index in [0.717, 1.165) is 6.54 Å². The molecule has 1 N–H and O–H groups in total. The van der Waals surface area contributed by atoms with Crippen LogP contribution in [0.15, 0.2) is 12.1 Å². The van der Waals surface area contributed by atoms with Crippen LogP contribution in [0.3, 0.4) is 0 Å². The van der Waals surface area contributed by atoms with Crippen LogP contribution in [0.5, 0.6) is 0 Å². The van der Waals surface area contributed by atoms with Gasteiger partial charge in [0.25, 0.3) is 0 Å². The number of hydrogen-bond donors (Lipinski definition) is 1. The summed E-state index contributed by atoms with van der Waals surface area (Å²) in [5.41, 5.74) is 5.44. The van der Waals surface area contributed by atoms with Gasteiger partial charge in [0, 0.05) is 18.3 Å². The number of likely N-dealkylation sites (tertiary alicyclic amines) is 1. The van der Waals surface area contributed by atoms with Gasteiger partial charge in [-0.25, -0.2) is 0 Å². The number of nitrogens with zero attached hydrogens (tertiary/aromatic N) is 1. The second kappa shape index (κ2) is 5.09. The van der Waals surface area contributed by atoms with Crippen molar-refractivity contribution in [2.24, 2.45) is 0 Å². The van der Waals surface area contributed by atoms with Crippen LogP contribution < -0.4 is 5.32 Å². The van der Waals surface area contributed by atoms with Crippen LogP contribution in [0.4, 0.5) is 5.69 Å². The maximum atomic E-state index is 3.73. The molecule has 1 unspecified atom stereocenters. The standard InChI is InChI=1S/C15H24N2/c1-11-8-12(2)15(13(3)9-11)16-14-6-5-7-17(4)10-14/h8-9,14,16H,5-7,10H2,1-4H3. The van der Waals surface area contributed by atoms with Gasteiger partial charge in [0.2, 0.25) is 0 Å². The summed E-state index contributed by atoms with van der Waals surface area (Å²) in [4.78, 5) is 2.42. The molecular formula is C15H24N2. The van der Waals surface area contributed by atoms with E-state index in [4.69, 9.17) is 0 Å². The molecule has 0 aromatic heterocycles. The minimum Gasteiger partial charge on any atom is -0.381 e. The molecule has 1 aromatic rings. The Bertz CT molecular complexity index is 375. The molecule has 1 fully saturated rings. The number of nitrogens with one attached hydrogen (secondary N) is 1. The first-order valence-electron chi connectivity index (χ1n) is 6.59. The number of anilines is 1. The largest absolute Gasteiger partial charge is 0.381 e. The Balaban J connectivity index is 2.12. The Morgan fingerprint density at radius 2 is 1.82 bits per heavy atom. The predicted molar refractivity (Wildman–Crippen MR) is 74.8 cm³/mol. The van der Waals surface area contributed by atoms with E-state index in [1.807, 2.05) is 0 Å². The van der Waals surface area contributed by atoms with Gasteiger partial charge in [-0.1, -0.05) is 17.7 Å². The zero-order valence-corrected chi connectivity index (χ0v) is 11.5. The fourth-order valence-corrected chi connectivity index (χ4v) is 2.90. The number of aryl methyl sites for hydroxylation is 3. The summed E-state index contributed by atoms with van der Waals surface area (Å²) in [5, 5.41) is 3.73. The number of hydrogen-bond acceptors (Lipinski definition) is 2. The molecule has 2 nitrogen and oxygen atoms in total. The van der Waals surface area contributed by atoms with Crippen molar-refractivity contribution in [1.29, 1.82) is 0 Å². The summed E-state index contributed by atoms with van der Waals surface area (Å²) in [6.45, 7) is 8.97. The Hall–Kier alpha value is -1.02. The molecule has 0 bridgehead atoms. The highest BCUT2D eigenvalue weighted by Crippen LogP contribution is 2.24. The van der Waals surface area contributed by atoms with Gasteiger partial charge in [-0.3, -0.25) is 0 Å². The average molecular weight is 232 g/mol. The molecule has 1 saturated heterocycles. The van der Waals surface area contributed by atoms with E-state index >= 15 is 0 Å². The Morgan fingerprint density at radius 3 is 2.41 bits per heavy atom. The summed E-state index contributed by atoms with van der Waals surface area (Å²) in [7, 11) is 2.21. The zero-order chi connectivity index (χ0) is 12.4. The Labute approximate surface area is 105 Å². The third-order valence-electron chi connectivity index (χ3n) is 3.65. The number of rotatable bonds is 2. The van der Waals surface area contributed by atoms with Crippen molar-refractivity contribution in [3.8, 4) is 0 Å². The van der Waals surface area contributed by atoms with Gasteiger partial charge in [0.1, 0.15) is 0 Å². The second-order valence-corrected chi connectivity index (χ2v) is 5.52. The van der Waals surface area contributed by atoms with E-state index in [-0.39, 0.29) is 0 Å². The van der Waals surface area contributed by atoms with E-state index in [9.17, 15) is 0 Å². The number of likely N-dealkylation sites (N-methyl/N-ethyl adjacent to an activating group) is 1. The second-order valence-electron chi connectivity index (χ2n) is 5.52. The molecule has 0 radical (unpaired) electrons. The fourth-order valence-electron chi connectivity index (χ4n) is 2.90. The lowest BCUT2D eigenvalue weighted by molar-refractivity contribution is 0.261. The molecule has 0 saturated carbocycles. The lowest BCUT2D eigenvalue weighted by Gasteiger charge is -2.32. The van der Waals surface area contributed by atoms with Crippen molar-refractivity contribution in [1.82, 2.24) is 4.90 Å². The Morgan fingerprint density at radius 1 is 1.18 bits per heavy atom. The highest BCUT2D eigenvalue weighted by atomic mass is 15.1. The minimum absolute atomic E-state index is 0.605. The molecule has 94 valence electrons. The molecular weight excluding hydrogens is 208 g/mol. The lowest BCUT2D eigenvalue weighted by Crippen LogP contribution is -2.40. The van der Waals surface area contributed by atoms with Crippen LogP contribution in [0, 0.1) is 20.8 Å². The van der Waals surface area contributed by atoms with Gasteiger partial charge in [0.15, 0.2) is 0 Å². The maximum absolute atomic E-state index is 3.73. The van der Waals surface area contributed by atoms with Crippen molar-refractivity contribution in [2.45, 2.75) is 39.7 Å². The summed E-state index contributed by atoms with van der Waals surface area (Å²) in [5.74, 6) is 0. The average Bonchev–Trinajstić information content (AvgIpc) is 2.23. The normalized spacial score (nSPS) is 21.5. The van der Waals surface area contributed by atoms with Gasteiger partial charge in [-0.05, 0) is 58.3 Å². The van der Waals surface area contributed by atoms with Crippen molar-refractivity contribution in [2.75, 3.05) is 25.5 Å². The topological polar surface area (TPSA) is 15.3 Å². The smallest absolute Gasteiger partial charge is 0.0402 e. The predicted octanol–water partition coefficient (Wildman–Crippen LogP) is 3.12. The molecule has 0 amide bonds. The molecule has 1 aliphatic heterocycles. The molecule has 2 rings (SSSR count). The van der Waals surface area contributed by atoms with Gasteiger partial charge in [-0.15, -0.1) is 0 Å². The highest BCUT2D eigenvalue weighted by molar-refractivity contribution is 5.58. The first-order chi connectivity index (χ1) is 8.06. The summed E-state index contributed by atoms with van der Waals surface area (Å²) in [6, 6.07) is 5.14. The van der Waals surface area contributed by atoms with Crippen molar-refractivity contribution in [3.05, 3.63) is 28.8 Å². The fraction of sp³-hybridized carbons (Fsp3) is 0.600. The maximum Gasteiger partial charge on any atom is 0.0402 e. The quantitative estimate of drug-likeness (QED) is 0.843. The minimum atomic E-state index is 0.605. The van der Waals surface area contributed by atoms with Crippen LogP contribution in [0.1, 0.15) is 29.5 Å². The van der Waals surface area contributed by atoms with Gasteiger partial charge >= 0.3 is 0 Å². The van der Waals surface area contributed by atoms with E-state index < -0.39 is 0 Å². The van der Waals surface area contributed by atoms with Crippen LogP contribution in [0.25, 0.3) is 0 Å². The molecule has 17 heavy (non-hydrogen) atoms. The van der Waals surface area contributed by atoms with Crippen molar-refractivity contribution < 1.29 is 0 Å². The van der Waals surface area contributed by atoms with Crippen LogP contribution in [-0.2, 0) is 0 Å². The first-order valence-corrected chi connectivity index (χ1v) is 6.59. The van der Waals surface area contributed by atoms with Crippen molar-refractivity contribution in [3.63, 3.8) is 0 Å². The van der Waals surface area contributed by atoms with Crippen LogP contribution >= 0.6 is 0 Å². The molecule has 2 heteroatoms. The van der Waals surface area contributed by atoms with E-state index in [0.29, 0.717) is 6.04 Å². The molecule has 1 atom stereocenters. The van der Waals surface area contributed by atoms with Gasteiger partial charge in [-0.2, -0.15) is 0 Å². The van der Waals surface area contributed by atoms with E-state index in [2.05, 4.69) is 50.2 Å². The summed E-state index contributed by atoms with van der Waals surface area (Å²) >= 11 is 0. The van der Waals surface area contributed by atoms with E-state index in [1.54, 1.807) is 0 Å². The molecule has 1 heterocycles. The highest BCUT2D eigenvalue weighted by Gasteiger charge is 2.18. The van der Waals surface area contributed by atoms with Gasteiger partial charge < -0.3 is 10.2 Å². The SMILES string of the molecule is Cc1cc(C)c(NC2CCCN(C)C2)c(C)c1. The van der Waals surface area contributed by atoms with Crippen molar-refractivity contribution >= 4 is 5.69 Å². The Kier molecular flexibility index (Phi) is 3.72. The zero-order valence-electron chi connectivity index (χ0n) is 11.5. The van der Waals surface area contributed by atoms with Crippen LogP contribution in [-0.4, -0.2) is 31.1 Å². The van der Waals surface area contributed by atoms with Crippen LogP contribution in [0.2, 0.25) is 0 Å². The third kappa shape index (κ3) is 3.01. The third-order valence-corrected chi connectivity index (χ3v) is 3.65. The molecule has 0 aliphatic carbocycles. The van der Waals surface area contributed by atoms with Gasteiger partial charge in [0.05, 0.1) is 0 Å². The number of benzene rings is 1. The number of piperidine rings is 1. The first kappa shape index (κ1) is 12.4. The molecule has 0 spiro atoms. The summed E-state index contributed by atoms with van der Waals surface area (Å²) < 4.78 is 0.